The minimum Gasteiger partial charge on any atom is -0.462 e. The molecular formula is C76H130O6. The van der Waals surface area contributed by atoms with Crippen LogP contribution in [0.2, 0.25) is 0 Å². The Bertz CT molecular complexity index is 1640. The van der Waals surface area contributed by atoms with Crippen molar-refractivity contribution in [2.75, 3.05) is 13.2 Å². The summed E-state index contributed by atoms with van der Waals surface area (Å²) in [4.78, 5) is 38.4. The van der Waals surface area contributed by atoms with Crippen LogP contribution in [0.5, 0.6) is 0 Å². The highest BCUT2D eigenvalue weighted by molar-refractivity contribution is 5.71. The minimum absolute atomic E-state index is 0.0895. The molecule has 0 amide bonds. The van der Waals surface area contributed by atoms with Gasteiger partial charge in [-0.15, -0.1) is 0 Å². The quantitative estimate of drug-likeness (QED) is 0.0261. The Morgan fingerprint density at radius 1 is 0.256 bits per heavy atom. The summed E-state index contributed by atoms with van der Waals surface area (Å²) in [7, 11) is 0. The highest BCUT2D eigenvalue weighted by atomic mass is 16.6. The van der Waals surface area contributed by atoms with Gasteiger partial charge in [0.15, 0.2) is 6.10 Å². The fraction of sp³-hybridized carbons (Fsp3) is 0.724. The van der Waals surface area contributed by atoms with E-state index in [0.29, 0.717) is 19.3 Å². The average Bonchev–Trinajstić information content (AvgIpc) is 3.47. The van der Waals surface area contributed by atoms with Gasteiger partial charge in [-0.3, -0.25) is 14.4 Å². The standard InChI is InChI=1S/C76H130O6/c1-4-7-10-13-16-19-22-25-27-29-31-33-35-37-38-40-41-43-45-47-49-51-54-57-60-63-66-69-75(78)81-72-73(71-80-74(77)68-65-62-59-56-53-24-21-18-15-12-9-6-3)82-76(79)70-67-64-61-58-55-52-50-48-46-44-42-39-36-34-32-30-28-26-23-20-17-14-11-8-5-2/h7,10,16,19,25,27,30-33,37-38,41,43,47,49,54,57,73H,4-6,8-9,11-15,17-18,20-24,26,28-29,34-36,39-40,42,44-46,48,50-53,55-56,58-72H2,1-3H3/b10-7-,19-16-,27-25-,32-30-,33-31-,38-37-,43-41-,49-47-,57-54-. The van der Waals surface area contributed by atoms with E-state index in [2.05, 4.69) is 130 Å². The Balaban J connectivity index is 4.36. The van der Waals surface area contributed by atoms with Crippen LogP contribution in [0.3, 0.4) is 0 Å². The second-order valence-electron chi connectivity index (χ2n) is 23.1. The van der Waals surface area contributed by atoms with Gasteiger partial charge in [0.1, 0.15) is 13.2 Å². The lowest BCUT2D eigenvalue weighted by Crippen LogP contribution is -2.30. The zero-order chi connectivity index (χ0) is 59.2. The topological polar surface area (TPSA) is 78.9 Å². The molecule has 0 bridgehead atoms. The highest BCUT2D eigenvalue weighted by Crippen LogP contribution is 2.17. The molecule has 0 fully saturated rings. The Kier molecular flexibility index (Phi) is 66.2. The Morgan fingerprint density at radius 3 is 0.780 bits per heavy atom. The summed E-state index contributed by atoms with van der Waals surface area (Å²) in [6, 6.07) is 0. The Hall–Kier alpha value is -3.93. The highest BCUT2D eigenvalue weighted by Gasteiger charge is 2.19. The third-order valence-electron chi connectivity index (χ3n) is 15.0. The van der Waals surface area contributed by atoms with Gasteiger partial charge in [-0.1, -0.05) is 316 Å². The van der Waals surface area contributed by atoms with Gasteiger partial charge in [-0.05, 0) is 109 Å². The Labute approximate surface area is 508 Å². The van der Waals surface area contributed by atoms with Crippen LogP contribution in [0.4, 0.5) is 0 Å². The molecule has 0 aliphatic carbocycles. The molecule has 0 aliphatic heterocycles. The summed E-state index contributed by atoms with van der Waals surface area (Å²) in [5.74, 6) is -0.923. The van der Waals surface area contributed by atoms with E-state index in [4.69, 9.17) is 14.2 Å². The van der Waals surface area contributed by atoms with Crippen molar-refractivity contribution in [2.45, 2.75) is 341 Å². The van der Waals surface area contributed by atoms with Gasteiger partial charge in [-0.25, -0.2) is 0 Å². The fourth-order valence-electron chi connectivity index (χ4n) is 9.81. The van der Waals surface area contributed by atoms with E-state index in [1.807, 2.05) is 0 Å². The maximum atomic E-state index is 12.9. The van der Waals surface area contributed by atoms with Crippen molar-refractivity contribution in [3.8, 4) is 0 Å². The van der Waals surface area contributed by atoms with Crippen molar-refractivity contribution >= 4 is 17.9 Å². The average molecular weight is 1140 g/mol. The summed E-state index contributed by atoms with van der Waals surface area (Å²) < 4.78 is 16.9. The summed E-state index contributed by atoms with van der Waals surface area (Å²) in [6.07, 6.45) is 95.4. The van der Waals surface area contributed by atoms with Crippen LogP contribution in [0.15, 0.2) is 109 Å². The maximum absolute atomic E-state index is 12.9. The third kappa shape index (κ3) is 66.9. The summed E-state index contributed by atoms with van der Waals surface area (Å²) >= 11 is 0. The van der Waals surface area contributed by atoms with Gasteiger partial charge in [0.05, 0.1) is 0 Å². The lowest BCUT2D eigenvalue weighted by molar-refractivity contribution is -0.167. The van der Waals surface area contributed by atoms with Crippen LogP contribution >= 0.6 is 0 Å². The van der Waals surface area contributed by atoms with Crippen molar-refractivity contribution in [2.24, 2.45) is 0 Å². The molecule has 0 N–H and O–H groups in total. The van der Waals surface area contributed by atoms with Crippen molar-refractivity contribution in [3.63, 3.8) is 0 Å². The van der Waals surface area contributed by atoms with E-state index in [0.717, 1.165) is 109 Å². The molecule has 1 unspecified atom stereocenters. The van der Waals surface area contributed by atoms with E-state index < -0.39 is 6.10 Å². The van der Waals surface area contributed by atoms with Gasteiger partial charge in [0.2, 0.25) is 0 Å². The number of rotatable bonds is 63. The normalized spacial score (nSPS) is 12.8. The first-order valence-corrected chi connectivity index (χ1v) is 34.9. The van der Waals surface area contributed by atoms with E-state index in [-0.39, 0.29) is 31.1 Å². The summed E-state index contributed by atoms with van der Waals surface area (Å²) in [6.45, 7) is 6.52. The van der Waals surface area contributed by atoms with Gasteiger partial charge in [0, 0.05) is 19.3 Å². The SMILES string of the molecule is CC/C=C\C/C=C\C/C=C\C/C=C\C/C=C\C/C=C\C/C=C\C/C=C\CCCCC(=O)OCC(COC(=O)CCCCCCCCCCCCCC)OC(=O)CCCCCCCCCCCCCCC/C=C\CCCCCCCCCC. The molecule has 0 radical (unpaired) electrons. The molecule has 0 aromatic rings. The summed E-state index contributed by atoms with van der Waals surface area (Å²) in [5, 5.41) is 0. The van der Waals surface area contributed by atoms with Crippen molar-refractivity contribution in [3.05, 3.63) is 109 Å². The van der Waals surface area contributed by atoms with Crippen LogP contribution in [-0.4, -0.2) is 37.2 Å². The molecule has 6 heteroatoms. The summed E-state index contributed by atoms with van der Waals surface area (Å²) in [5.41, 5.74) is 0. The number of ether oxygens (including phenoxy) is 3. The molecule has 0 aliphatic rings. The van der Waals surface area contributed by atoms with E-state index in [1.165, 1.54) is 186 Å². The molecule has 6 nitrogen and oxygen atoms in total. The second kappa shape index (κ2) is 69.6. The number of allylic oxidation sites excluding steroid dienone is 18. The molecule has 0 rings (SSSR count). The van der Waals surface area contributed by atoms with E-state index in [9.17, 15) is 14.4 Å². The third-order valence-corrected chi connectivity index (χ3v) is 15.0. The Morgan fingerprint density at radius 2 is 0.476 bits per heavy atom. The number of hydrogen-bond acceptors (Lipinski definition) is 6. The van der Waals surface area contributed by atoms with Crippen LogP contribution in [-0.2, 0) is 28.6 Å². The predicted octanol–water partition coefficient (Wildman–Crippen LogP) is 24.2. The monoisotopic (exact) mass is 1140 g/mol. The second-order valence-corrected chi connectivity index (χ2v) is 23.1. The molecule has 0 aromatic carbocycles. The van der Waals surface area contributed by atoms with Gasteiger partial charge < -0.3 is 14.2 Å². The van der Waals surface area contributed by atoms with E-state index >= 15 is 0 Å². The first kappa shape index (κ1) is 78.1. The molecule has 0 heterocycles. The van der Waals surface area contributed by atoms with Gasteiger partial charge >= 0.3 is 17.9 Å². The van der Waals surface area contributed by atoms with E-state index in [1.54, 1.807) is 0 Å². The largest absolute Gasteiger partial charge is 0.462 e. The number of carbonyl (C=O) groups is 3. The molecular weight excluding hydrogens is 1010 g/mol. The predicted molar refractivity (Wildman–Crippen MR) is 357 cm³/mol. The molecule has 0 saturated carbocycles. The van der Waals surface area contributed by atoms with Crippen LogP contribution in [0.1, 0.15) is 335 Å². The van der Waals surface area contributed by atoms with Crippen molar-refractivity contribution in [1.82, 2.24) is 0 Å². The van der Waals surface area contributed by atoms with Gasteiger partial charge in [-0.2, -0.15) is 0 Å². The number of esters is 3. The smallest absolute Gasteiger partial charge is 0.306 e. The lowest BCUT2D eigenvalue weighted by Gasteiger charge is -2.18. The molecule has 470 valence electrons. The number of carbonyl (C=O) groups excluding carboxylic acids is 3. The first-order valence-electron chi connectivity index (χ1n) is 34.9. The van der Waals surface area contributed by atoms with Crippen LogP contribution in [0.25, 0.3) is 0 Å². The minimum atomic E-state index is -0.797. The molecule has 0 saturated heterocycles. The van der Waals surface area contributed by atoms with Crippen molar-refractivity contribution < 1.29 is 28.6 Å². The van der Waals surface area contributed by atoms with Crippen molar-refractivity contribution in [1.29, 1.82) is 0 Å². The molecule has 1 atom stereocenters. The number of hydrogen-bond donors (Lipinski definition) is 0. The zero-order valence-electron chi connectivity index (χ0n) is 54.0. The molecule has 82 heavy (non-hydrogen) atoms. The van der Waals surface area contributed by atoms with Gasteiger partial charge in [0.25, 0.3) is 0 Å². The zero-order valence-corrected chi connectivity index (χ0v) is 54.0. The first-order chi connectivity index (χ1) is 40.5. The van der Waals surface area contributed by atoms with Crippen LogP contribution in [0, 0.1) is 0 Å². The lowest BCUT2D eigenvalue weighted by atomic mass is 10.0. The maximum Gasteiger partial charge on any atom is 0.306 e. The number of unbranched alkanes of at least 4 members (excludes halogenated alkanes) is 34. The molecule has 0 aromatic heterocycles. The fourth-order valence-corrected chi connectivity index (χ4v) is 9.81. The van der Waals surface area contributed by atoms with Crippen LogP contribution < -0.4 is 0 Å². The molecule has 0 spiro atoms.